The quantitative estimate of drug-likeness (QED) is 0.166. The molecule has 8 heteroatoms. The number of amides is 2. The number of aliphatic hydroxyl groups is 2. The Balaban J connectivity index is 0.000000538. The monoisotopic (exact) mass is 472 g/mol. The number of nitrogens with zero attached hydrogens (tertiary/aromatic N) is 1. The number of benzene rings is 2. The fourth-order valence-electron chi connectivity index (χ4n) is 2.65. The van der Waals surface area contributed by atoms with Crippen molar-refractivity contribution in [2.75, 3.05) is 31.6 Å². The maximum absolute atomic E-state index is 11.4. The highest BCUT2D eigenvalue weighted by atomic mass is 16.3. The molecular weight excluding hydrogens is 432 g/mol. The summed E-state index contributed by atoms with van der Waals surface area (Å²) in [5, 5.41) is 22.5. The number of anilines is 1. The highest BCUT2D eigenvalue weighted by molar-refractivity contribution is 5.89. The van der Waals surface area contributed by atoms with Crippen molar-refractivity contribution in [2.45, 2.75) is 51.4 Å². The first-order valence-corrected chi connectivity index (χ1v) is 11.8. The normalized spacial score (nSPS) is 9.38. The van der Waals surface area contributed by atoms with Gasteiger partial charge in [0.25, 0.3) is 0 Å². The maximum Gasteiger partial charge on any atom is 0.319 e. The Bertz CT molecular complexity index is 748. The predicted octanol–water partition coefficient (Wildman–Crippen LogP) is 4.51. The van der Waals surface area contributed by atoms with E-state index in [0.717, 1.165) is 63.6 Å². The molecule has 0 saturated heterocycles. The smallest absolute Gasteiger partial charge is 0.319 e. The number of unbranched alkanes of at least 4 members (excludes halogenated alkanes) is 6. The molecule has 2 aromatic rings. The molecule has 0 aromatic heterocycles. The Labute approximate surface area is 203 Å². The van der Waals surface area contributed by atoms with Crippen LogP contribution in [0.3, 0.4) is 0 Å². The highest BCUT2D eigenvalue weighted by Crippen LogP contribution is 2.07. The Morgan fingerprint density at radius 3 is 1.85 bits per heavy atom. The van der Waals surface area contributed by atoms with Gasteiger partial charge in [-0.15, -0.1) is 0 Å². The van der Waals surface area contributed by atoms with Crippen LogP contribution in [0.1, 0.15) is 51.4 Å². The Kier molecular flexibility index (Phi) is 22.4. The summed E-state index contributed by atoms with van der Waals surface area (Å²) in [6.07, 6.45) is 9.61. The number of rotatable bonds is 13. The minimum atomic E-state index is -0.168. The van der Waals surface area contributed by atoms with Crippen LogP contribution in [0.15, 0.2) is 65.7 Å². The van der Waals surface area contributed by atoms with Crippen molar-refractivity contribution in [1.29, 1.82) is 0 Å². The molecule has 188 valence electrons. The first-order chi connectivity index (χ1) is 16.7. The number of hydrogen-bond donors (Lipinski definition) is 5. The van der Waals surface area contributed by atoms with Crippen LogP contribution < -0.4 is 16.4 Å². The van der Waals surface area contributed by atoms with Crippen LogP contribution in [0.2, 0.25) is 0 Å². The zero-order valence-corrected chi connectivity index (χ0v) is 20.0. The number of para-hydroxylation sites is 2. The van der Waals surface area contributed by atoms with E-state index in [1.165, 1.54) is 6.08 Å². The van der Waals surface area contributed by atoms with Gasteiger partial charge in [0.15, 0.2) is 0 Å². The van der Waals surface area contributed by atoms with Crippen LogP contribution in [0.25, 0.3) is 0 Å². The summed E-state index contributed by atoms with van der Waals surface area (Å²) in [6, 6.07) is 18.2. The van der Waals surface area contributed by atoms with Gasteiger partial charge in [0.2, 0.25) is 6.08 Å². The molecule has 34 heavy (non-hydrogen) atoms. The maximum atomic E-state index is 11.4. The molecule has 2 amide bonds. The van der Waals surface area contributed by atoms with Gasteiger partial charge in [-0.05, 0) is 56.5 Å². The van der Waals surface area contributed by atoms with E-state index >= 15 is 0 Å². The minimum Gasteiger partial charge on any atom is -0.396 e. The molecule has 0 radical (unpaired) electrons. The van der Waals surface area contributed by atoms with E-state index in [1.807, 2.05) is 48.5 Å². The van der Waals surface area contributed by atoms with E-state index in [0.29, 0.717) is 18.8 Å². The SMILES string of the molecule is NCCCCCCO.O=C(NCCCCCCO)Nc1ccccc1.O=C=Nc1ccccc1. The number of aliphatic imine (C=N–C) groups is 1. The molecule has 0 spiro atoms. The van der Waals surface area contributed by atoms with Crippen LogP contribution in [0.4, 0.5) is 16.2 Å². The summed E-state index contributed by atoms with van der Waals surface area (Å²) in [5.41, 5.74) is 6.69. The fourth-order valence-corrected chi connectivity index (χ4v) is 2.65. The van der Waals surface area contributed by atoms with Crippen molar-refractivity contribution in [3.63, 3.8) is 0 Å². The third-order valence-corrected chi connectivity index (χ3v) is 4.45. The lowest BCUT2D eigenvalue weighted by Gasteiger charge is -2.07. The summed E-state index contributed by atoms with van der Waals surface area (Å²) in [6.45, 7) is 2.03. The molecule has 8 nitrogen and oxygen atoms in total. The van der Waals surface area contributed by atoms with Gasteiger partial charge in [-0.2, -0.15) is 4.99 Å². The molecule has 6 N–H and O–H groups in total. The molecule has 0 saturated carbocycles. The van der Waals surface area contributed by atoms with E-state index in [2.05, 4.69) is 15.6 Å². The minimum absolute atomic E-state index is 0.168. The molecule has 2 rings (SSSR count). The van der Waals surface area contributed by atoms with Gasteiger partial charge in [0.05, 0.1) is 5.69 Å². The van der Waals surface area contributed by atoms with Crippen molar-refractivity contribution in [1.82, 2.24) is 5.32 Å². The number of carbonyl (C=O) groups excluding carboxylic acids is 2. The molecule has 0 atom stereocenters. The molecule has 2 aromatic carbocycles. The lowest BCUT2D eigenvalue weighted by Crippen LogP contribution is -2.29. The summed E-state index contributed by atoms with van der Waals surface area (Å²) in [5.74, 6) is 0. The molecule has 0 heterocycles. The molecule has 0 fully saturated rings. The van der Waals surface area contributed by atoms with Gasteiger partial charge in [0, 0.05) is 25.4 Å². The fraction of sp³-hybridized carbons (Fsp3) is 0.462. The van der Waals surface area contributed by atoms with Crippen LogP contribution in [0, 0.1) is 0 Å². The van der Waals surface area contributed by atoms with Crippen LogP contribution in [-0.2, 0) is 4.79 Å². The van der Waals surface area contributed by atoms with Crippen LogP contribution in [-0.4, -0.2) is 48.6 Å². The van der Waals surface area contributed by atoms with Crippen molar-refractivity contribution >= 4 is 23.5 Å². The number of isocyanates is 1. The van der Waals surface area contributed by atoms with Gasteiger partial charge < -0.3 is 26.6 Å². The lowest BCUT2D eigenvalue weighted by molar-refractivity contribution is 0.251. The van der Waals surface area contributed by atoms with Crippen LogP contribution >= 0.6 is 0 Å². The molecule has 0 aliphatic heterocycles. The highest BCUT2D eigenvalue weighted by Gasteiger charge is 1.99. The first-order valence-electron chi connectivity index (χ1n) is 11.8. The van der Waals surface area contributed by atoms with Gasteiger partial charge in [0.1, 0.15) is 0 Å². The number of nitrogens with two attached hydrogens (primary N) is 1. The Morgan fingerprint density at radius 2 is 1.32 bits per heavy atom. The summed E-state index contributed by atoms with van der Waals surface area (Å²) in [4.78, 5) is 24.5. The van der Waals surface area contributed by atoms with Crippen molar-refractivity contribution in [3.05, 3.63) is 60.7 Å². The molecule has 0 unspecified atom stereocenters. The van der Waals surface area contributed by atoms with E-state index in [1.54, 1.807) is 12.1 Å². The summed E-state index contributed by atoms with van der Waals surface area (Å²) < 4.78 is 0. The first kappa shape index (κ1) is 31.0. The lowest BCUT2D eigenvalue weighted by atomic mass is 10.2. The Morgan fingerprint density at radius 1 is 0.794 bits per heavy atom. The molecule has 0 bridgehead atoms. The van der Waals surface area contributed by atoms with Crippen molar-refractivity contribution in [2.24, 2.45) is 10.7 Å². The average Bonchev–Trinajstić information content (AvgIpc) is 2.86. The molecular formula is C26H40N4O4. The number of aliphatic hydroxyl groups excluding tert-OH is 2. The van der Waals surface area contributed by atoms with Gasteiger partial charge in [-0.3, -0.25) is 0 Å². The third-order valence-electron chi connectivity index (χ3n) is 4.45. The number of carbonyl (C=O) groups is 1. The van der Waals surface area contributed by atoms with Crippen molar-refractivity contribution in [3.8, 4) is 0 Å². The number of urea groups is 1. The topological polar surface area (TPSA) is 137 Å². The van der Waals surface area contributed by atoms with E-state index < -0.39 is 0 Å². The summed E-state index contributed by atoms with van der Waals surface area (Å²) in [7, 11) is 0. The number of nitrogens with one attached hydrogen (secondary N) is 2. The van der Waals surface area contributed by atoms with Crippen molar-refractivity contribution < 1.29 is 19.8 Å². The average molecular weight is 473 g/mol. The van der Waals surface area contributed by atoms with E-state index in [9.17, 15) is 9.59 Å². The van der Waals surface area contributed by atoms with Gasteiger partial charge in [-0.1, -0.05) is 62.1 Å². The third kappa shape index (κ3) is 20.8. The zero-order chi connectivity index (χ0) is 25.1. The second-order valence-corrected chi connectivity index (χ2v) is 7.35. The largest absolute Gasteiger partial charge is 0.396 e. The molecule has 0 aliphatic carbocycles. The Hall–Kier alpha value is -3.03. The molecule has 0 aliphatic rings. The second kappa shape index (κ2) is 24.6. The van der Waals surface area contributed by atoms with E-state index in [-0.39, 0.29) is 12.6 Å². The standard InChI is InChI=1S/C13H20N2O2.C7H5NO.C6H15NO/c16-11-7-2-1-6-10-14-13(17)15-12-8-4-3-5-9-12;9-6-8-7-4-2-1-3-5-7;7-5-3-1-2-4-6-8/h3-5,8-9,16H,1-2,6-7,10-11H2,(H2,14,15,17);1-5H;8H,1-7H2. The summed E-state index contributed by atoms with van der Waals surface area (Å²) >= 11 is 0. The van der Waals surface area contributed by atoms with Gasteiger partial charge >= 0.3 is 6.03 Å². The zero-order valence-electron chi connectivity index (χ0n) is 20.0. The van der Waals surface area contributed by atoms with Crippen LogP contribution in [0.5, 0.6) is 0 Å². The van der Waals surface area contributed by atoms with Gasteiger partial charge in [-0.25, -0.2) is 9.59 Å². The number of hydrogen-bond acceptors (Lipinski definition) is 6. The predicted molar refractivity (Wildman–Crippen MR) is 138 cm³/mol. The van der Waals surface area contributed by atoms with E-state index in [4.69, 9.17) is 15.9 Å². The second-order valence-electron chi connectivity index (χ2n) is 7.35.